The molecule has 2 aromatic heterocycles. The number of rotatable bonds is 4. The molecule has 0 bridgehead atoms. The Hall–Kier alpha value is -3.02. The predicted molar refractivity (Wildman–Crippen MR) is 140 cm³/mol. The lowest BCUT2D eigenvalue weighted by molar-refractivity contribution is -0.123. The third kappa shape index (κ3) is 4.51. The molecule has 180 valence electrons. The van der Waals surface area contributed by atoms with Gasteiger partial charge in [-0.1, -0.05) is 47.7 Å². The third-order valence-electron chi connectivity index (χ3n) is 5.94. The molecule has 2 aliphatic rings. The number of fused-ring (bicyclic) bond motifs is 1. The highest BCUT2D eigenvalue weighted by Crippen LogP contribution is 2.37. The van der Waals surface area contributed by atoms with Crippen molar-refractivity contribution < 1.29 is 17.9 Å². The van der Waals surface area contributed by atoms with E-state index in [0.29, 0.717) is 17.8 Å². The van der Waals surface area contributed by atoms with Gasteiger partial charge in [-0.15, -0.1) is 0 Å². The summed E-state index contributed by atoms with van der Waals surface area (Å²) in [6.45, 7) is 3.87. The molecule has 2 saturated heterocycles. The van der Waals surface area contributed by atoms with Crippen LogP contribution in [-0.2, 0) is 14.6 Å². The molecular weight excluding hydrogens is 506 g/mol. The highest BCUT2D eigenvalue weighted by atomic mass is 32.2. The average molecular weight is 528 g/mol. The van der Waals surface area contributed by atoms with Crippen molar-refractivity contribution in [3.63, 3.8) is 0 Å². The van der Waals surface area contributed by atoms with Crippen molar-refractivity contribution in [2.45, 2.75) is 26.3 Å². The van der Waals surface area contributed by atoms with Crippen molar-refractivity contribution >= 4 is 55.8 Å². The van der Waals surface area contributed by atoms with Crippen molar-refractivity contribution in [2.24, 2.45) is 0 Å². The van der Waals surface area contributed by atoms with Crippen LogP contribution < -0.4 is 10.3 Å². The lowest BCUT2D eigenvalue weighted by atomic mass is 10.1. The Kier molecular flexibility index (Phi) is 6.02. The van der Waals surface area contributed by atoms with Gasteiger partial charge < -0.3 is 4.74 Å². The van der Waals surface area contributed by atoms with Gasteiger partial charge in [0.15, 0.2) is 9.84 Å². The first kappa shape index (κ1) is 23.7. The molecule has 1 aromatic carbocycles. The lowest BCUT2D eigenvalue weighted by Gasteiger charge is -2.20. The maximum atomic E-state index is 13.4. The molecule has 0 saturated carbocycles. The van der Waals surface area contributed by atoms with Crippen LogP contribution in [0.1, 0.15) is 23.1 Å². The first-order chi connectivity index (χ1) is 16.6. The van der Waals surface area contributed by atoms with Crippen molar-refractivity contribution in [1.82, 2.24) is 14.3 Å². The quantitative estimate of drug-likeness (QED) is 0.376. The van der Waals surface area contributed by atoms with Gasteiger partial charge >= 0.3 is 0 Å². The van der Waals surface area contributed by atoms with Crippen LogP contribution in [0.3, 0.4) is 0 Å². The van der Waals surface area contributed by atoms with Gasteiger partial charge in [0, 0.05) is 6.20 Å². The summed E-state index contributed by atoms with van der Waals surface area (Å²) < 4.78 is 31.6. The van der Waals surface area contributed by atoms with Crippen LogP contribution >= 0.6 is 24.0 Å². The molecule has 11 heteroatoms. The molecule has 0 aliphatic carbocycles. The van der Waals surface area contributed by atoms with Crippen LogP contribution in [0.15, 0.2) is 52.3 Å². The van der Waals surface area contributed by atoms with Gasteiger partial charge in [-0.25, -0.2) is 8.42 Å². The highest BCUT2D eigenvalue weighted by molar-refractivity contribution is 8.26. The van der Waals surface area contributed by atoms with E-state index in [-0.39, 0.29) is 32.2 Å². The van der Waals surface area contributed by atoms with Crippen molar-refractivity contribution in [1.29, 1.82) is 0 Å². The zero-order valence-electron chi connectivity index (χ0n) is 18.9. The minimum absolute atomic E-state index is 0.0254. The highest BCUT2D eigenvalue weighted by Gasteiger charge is 2.42. The summed E-state index contributed by atoms with van der Waals surface area (Å²) in [6, 6.07) is 10.3. The number of aromatic nitrogens is 2. The molecule has 0 spiro atoms. The molecule has 1 unspecified atom stereocenters. The van der Waals surface area contributed by atoms with E-state index < -0.39 is 27.3 Å². The molecule has 1 amide bonds. The minimum atomic E-state index is -3.20. The van der Waals surface area contributed by atoms with Gasteiger partial charge in [-0.05, 0) is 50.1 Å². The summed E-state index contributed by atoms with van der Waals surface area (Å²) in [6.07, 6.45) is 3.37. The van der Waals surface area contributed by atoms with Crippen LogP contribution in [-0.4, -0.2) is 50.5 Å². The summed E-state index contributed by atoms with van der Waals surface area (Å²) in [5.74, 6) is 0.103. The van der Waals surface area contributed by atoms with Gasteiger partial charge in [0.25, 0.3) is 11.5 Å². The van der Waals surface area contributed by atoms with Crippen molar-refractivity contribution in [2.75, 3.05) is 11.5 Å². The summed E-state index contributed by atoms with van der Waals surface area (Å²) in [5.41, 5.74) is 2.05. The molecule has 2 fully saturated rings. The van der Waals surface area contributed by atoms with Crippen molar-refractivity contribution in [3.05, 3.63) is 74.5 Å². The SMILES string of the molecule is Cc1ccc(Oc2nc3ccccn3c(=O)c2/C=C2/SC(=S)N(C3CCS(=O)(=O)C3)C2=O)c(C)c1. The van der Waals surface area contributed by atoms with E-state index in [1.807, 2.05) is 32.0 Å². The summed E-state index contributed by atoms with van der Waals surface area (Å²) in [7, 11) is -3.20. The van der Waals surface area contributed by atoms with Gasteiger partial charge in [-0.3, -0.25) is 18.9 Å². The first-order valence-corrected chi connectivity index (χ1v) is 13.9. The Balaban J connectivity index is 1.59. The Morgan fingerprint density at radius 1 is 1.20 bits per heavy atom. The Morgan fingerprint density at radius 3 is 2.71 bits per heavy atom. The summed E-state index contributed by atoms with van der Waals surface area (Å²) >= 11 is 6.44. The molecule has 5 rings (SSSR count). The van der Waals surface area contributed by atoms with Crippen LogP contribution in [0.5, 0.6) is 11.6 Å². The van der Waals surface area contributed by atoms with E-state index in [9.17, 15) is 18.0 Å². The van der Waals surface area contributed by atoms with E-state index in [4.69, 9.17) is 17.0 Å². The smallest absolute Gasteiger partial charge is 0.269 e. The zero-order valence-corrected chi connectivity index (χ0v) is 21.4. The molecule has 0 N–H and O–H groups in total. The lowest BCUT2D eigenvalue weighted by Crippen LogP contribution is -2.39. The number of thiocarbonyl (C=S) groups is 1. The average Bonchev–Trinajstić information content (AvgIpc) is 3.29. The molecular formula is C24H21N3O5S3. The number of hydrogen-bond acceptors (Lipinski definition) is 8. The van der Waals surface area contributed by atoms with Gasteiger partial charge in [-0.2, -0.15) is 4.98 Å². The van der Waals surface area contributed by atoms with Crippen LogP contribution in [0.2, 0.25) is 0 Å². The molecule has 4 heterocycles. The number of hydrogen-bond donors (Lipinski definition) is 0. The van der Waals surface area contributed by atoms with E-state index in [1.54, 1.807) is 24.4 Å². The second-order valence-corrected chi connectivity index (χ2v) is 12.4. The number of thioether (sulfide) groups is 1. The number of aryl methyl sites for hydroxylation is 2. The van der Waals surface area contributed by atoms with E-state index in [2.05, 4.69) is 4.98 Å². The molecule has 3 aromatic rings. The number of nitrogens with zero attached hydrogens (tertiary/aromatic N) is 3. The Bertz CT molecular complexity index is 1590. The Labute approximate surface area is 211 Å². The van der Waals surface area contributed by atoms with Crippen LogP contribution in [0.4, 0.5) is 0 Å². The fourth-order valence-corrected chi connectivity index (χ4v) is 7.29. The molecule has 2 aliphatic heterocycles. The van der Waals surface area contributed by atoms with E-state index in [1.165, 1.54) is 15.4 Å². The second-order valence-electron chi connectivity index (χ2n) is 8.54. The zero-order chi connectivity index (χ0) is 24.9. The second kappa shape index (κ2) is 8.89. The number of carbonyl (C=O) groups is 1. The van der Waals surface area contributed by atoms with E-state index in [0.717, 1.165) is 22.9 Å². The molecule has 35 heavy (non-hydrogen) atoms. The fourth-order valence-electron chi connectivity index (χ4n) is 4.21. The summed E-state index contributed by atoms with van der Waals surface area (Å²) in [5, 5.41) is 0. The molecule has 0 radical (unpaired) electrons. The number of pyridine rings is 1. The van der Waals surface area contributed by atoms with Gasteiger partial charge in [0.05, 0.1) is 22.5 Å². The molecule has 1 atom stereocenters. The first-order valence-electron chi connectivity index (χ1n) is 10.9. The maximum absolute atomic E-state index is 13.4. The predicted octanol–water partition coefficient (Wildman–Crippen LogP) is 3.49. The molecule has 8 nitrogen and oxygen atoms in total. The topological polar surface area (TPSA) is 98.1 Å². The third-order valence-corrected chi connectivity index (χ3v) is 9.02. The monoisotopic (exact) mass is 527 g/mol. The van der Waals surface area contributed by atoms with Crippen molar-refractivity contribution in [3.8, 4) is 11.6 Å². The van der Waals surface area contributed by atoms with Gasteiger partial charge in [0.1, 0.15) is 21.3 Å². The standard InChI is InChI=1S/C24H21N3O5S3/c1-14-6-7-18(15(2)11-14)32-21-17(22(28)26-9-4-3-5-20(26)25-21)12-19-23(29)27(24(33)34-19)16-8-10-35(30,31)13-16/h3-7,9,11-12,16H,8,10,13H2,1-2H3/b19-12+. The largest absolute Gasteiger partial charge is 0.438 e. The summed E-state index contributed by atoms with van der Waals surface area (Å²) in [4.78, 5) is 32.8. The number of ether oxygens (including phenoxy) is 1. The minimum Gasteiger partial charge on any atom is -0.438 e. The Morgan fingerprint density at radius 2 is 2.00 bits per heavy atom. The van der Waals surface area contributed by atoms with Crippen LogP contribution in [0.25, 0.3) is 11.7 Å². The van der Waals surface area contributed by atoms with Gasteiger partial charge in [0.2, 0.25) is 5.88 Å². The normalized spacial score (nSPS) is 20.8. The number of sulfone groups is 1. The fraction of sp³-hybridized carbons (Fsp3) is 0.250. The number of amides is 1. The number of benzene rings is 1. The van der Waals surface area contributed by atoms with E-state index >= 15 is 0 Å². The van der Waals surface area contributed by atoms with Crippen LogP contribution in [0, 0.1) is 13.8 Å². The number of carbonyl (C=O) groups excluding carboxylic acids is 1. The maximum Gasteiger partial charge on any atom is 0.269 e.